The van der Waals surface area contributed by atoms with Gasteiger partial charge in [0.2, 0.25) is 5.91 Å². The smallest absolute Gasteiger partial charge is 0.230 e. The molecule has 0 spiro atoms. The van der Waals surface area contributed by atoms with Crippen molar-refractivity contribution in [2.75, 3.05) is 25.0 Å². The van der Waals surface area contributed by atoms with E-state index >= 15 is 0 Å². The number of nitrogens with one attached hydrogen (secondary N) is 1. The highest BCUT2D eigenvalue weighted by molar-refractivity contribution is 5.86. The van der Waals surface area contributed by atoms with E-state index in [1.807, 2.05) is 23.1 Å². The molecule has 2 N–H and O–H groups in total. The molecule has 0 bridgehead atoms. The molecule has 108 valence electrons. The van der Waals surface area contributed by atoms with Crippen LogP contribution in [-0.2, 0) is 4.79 Å². The lowest BCUT2D eigenvalue weighted by Gasteiger charge is -2.33. The third-order valence-electron chi connectivity index (χ3n) is 4.48. The van der Waals surface area contributed by atoms with Gasteiger partial charge in [-0.1, -0.05) is 18.2 Å². The number of likely N-dealkylation sites (tertiary alicyclic amines) is 1. The van der Waals surface area contributed by atoms with Crippen LogP contribution in [0.2, 0.25) is 0 Å². The number of hydrogen-bond donors (Lipinski definition) is 2. The summed E-state index contributed by atoms with van der Waals surface area (Å²) in [6.45, 7) is 3.79. The first-order chi connectivity index (χ1) is 9.69. The predicted octanol–water partition coefficient (Wildman–Crippen LogP) is 1.82. The molecule has 1 aromatic carbocycles. The molecule has 3 unspecified atom stereocenters. The van der Waals surface area contributed by atoms with Crippen molar-refractivity contribution in [2.45, 2.75) is 31.7 Å². The van der Waals surface area contributed by atoms with Crippen LogP contribution in [-0.4, -0.2) is 41.7 Å². The number of fused-ring (bicyclic) bond motifs is 1. The van der Waals surface area contributed by atoms with Crippen molar-refractivity contribution in [2.24, 2.45) is 5.92 Å². The lowest BCUT2D eigenvalue weighted by Crippen LogP contribution is -2.38. The first kappa shape index (κ1) is 13.4. The Bertz CT molecular complexity index is 503. The van der Waals surface area contributed by atoms with Gasteiger partial charge >= 0.3 is 0 Å². The average molecular weight is 274 g/mol. The second kappa shape index (κ2) is 5.44. The predicted molar refractivity (Wildman–Crippen MR) is 78.7 cm³/mol. The molecular weight excluding hydrogens is 252 g/mol. The minimum atomic E-state index is -0.0418. The zero-order chi connectivity index (χ0) is 14.1. The molecule has 2 aliphatic rings. The molecule has 1 saturated heterocycles. The molecule has 0 radical (unpaired) electrons. The maximum atomic E-state index is 12.8. The normalized spacial score (nSPS) is 28.9. The summed E-state index contributed by atoms with van der Waals surface area (Å²) in [5.41, 5.74) is 2.20. The number of carbonyl (C=O) groups excluding carboxylic acids is 1. The summed E-state index contributed by atoms with van der Waals surface area (Å²) < 4.78 is 0. The number of amides is 1. The van der Waals surface area contributed by atoms with E-state index in [0.717, 1.165) is 30.6 Å². The fraction of sp³-hybridized carbons (Fsp3) is 0.562. The summed E-state index contributed by atoms with van der Waals surface area (Å²) in [6.07, 6.45) is 1.76. The van der Waals surface area contributed by atoms with Gasteiger partial charge < -0.3 is 15.3 Å². The lowest BCUT2D eigenvalue weighted by atomic mass is 9.86. The minimum absolute atomic E-state index is 0.0418. The van der Waals surface area contributed by atoms with E-state index in [2.05, 4.69) is 18.3 Å². The number of nitrogens with zero attached hydrogens (tertiary/aromatic N) is 1. The summed E-state index contributed by atoms with van der Waals surface area (Å²) in [5, 5.41) is 12.7. The molecule has 2 heterocycles. The molecule has 20 heavy (non-hydrogen) atoms. The van der Waals surface area contributed by atoms with Crippen molar-refractivity contribution in [3.63, 3.8) is 0 Å². The highest BCUT2D eigenvalue weighted by Gasteiger charge is 2.35. The van der Waals surface area contributed by atoms with Gasteiger partial charge in [0.05, 0.1) is 5.92 Å². The van der Waals surface area contributed by atoms with E-state index in [-0.39, 0.29) is 24.3 Å². The van der Waals surface area contributed by atoms with Gasteiger partial charge in [0, 0.05) is 37.3 Å². The number of para-hydroxylation sites is 1. The number of rotatable bonds is 2. The van der Waals surface area contributed by atoms with Crippen molar-refractivity contribution in [3.8, 4) is 0 Å². The Morgan fingerprint density at radius 3 is 3.00 bits per heavy atom. The second-order valence-electron chi connectivity index (χ2n) is 6.04. The summed E-state index contributed by atoms with van der Waals surface area (Å²) >= 11 is 0. The highest BCUT2D eigenvalue weighted by Crippen LogP contribution is 2.36. The van der Waals surface area contributed by atoms with Crippen LogP contribution in [0.5, 0.6) is 0 Å². The van der Waals surface area contributed by atoms with Crippen molar-refractivity contribution >= 4 is 11.6 Å². The van der Waals surface area contributed by atoms with E-state index in [1.54, 1.807) is 0 Å². The standard InChI is InChI=1S/C16H22N2O2/c1-11-8-14(13-4-2-3-5-15(13)17-11)16(20)18-7-6-12(9-18)10-19/h2-5,11-12,14,17,19H,6-10H2,1H3. The number of aliphatic hydroxyl groups is 1. The van der Waals surface area contributed by atoms with Crippen LogP contribution in [0.15, 0.2) is 24.3 Å². The molecule has 1 aromatic rings. The molecule has 0 aliphatic carbocycles. The Hall–Kier alpha value is -1.55. The highest BCUT2D eigenvalue weighted by atomic mass is 16.3. The fourth-order valence-electron chi connectivity index (χ4n) is 3.37. The Kier molecular flexibility index (Phi) is 3.66. The largest absolute Gasteiger partial charge is 0.396 e. The van der Waals surface area contributed by atoms with Crippen molar-refractivity contribution < 1.29 is 9.90 Å². The van der Waals surface area contributed by atoms with Crippen molar-refractivity contribution in [1.29, 1.82) is 0 Å². The number of aliphatic hydroxyl groups excluding tert-OH is 1. The summed E-state index contributed by atoms with van der Waals surface area (Å²) in [6, 6.07) is 8.41. The topological polar surface area (TPSA) is 52.6 Å². The molecule has 1 fully saturated rings. The number of anilines is 1. The van der Waals surface area contributed by atoms with Gasteiger partial charge in [0.25, 0.3) is 0 Å². The van der Waals surface area contributed by atoms with E-state index in [0.29, 0.717) is 12.6 Å². The van der Waals surface area contributed by atoms with Crippen LogP contribution in [0.25, 0.3) is 0 Å². The summed E-state index contributed by atoms with van der Waals surface area (Å²) in [5.74, 6) is 0.440. The first-order valence-corrected chi connectivity index (χ1v) is 7.44. The Balaban J connectivity index is 1.81. The van der Waals surface area contributed by atoms with Gasteiger partial charge in [0.1, 0.15) is 0 Å². The van der Waals surface area contributed by atoms with Crippen molar-refractivity contribution in [3.05, 3.63) is 29.8 Å². The third-order valence-corrected chi connectivity index (χ3v) is 4.48. The van der Waals surface area contributed by atoms with E-state index in [1.165, 1.54) is 0 Å². The van der Waals surface area contributed by atoms with Gasteiger partial charge in [-0.3, -0.25) is 4.79 Å². The molecule has 4 nitrogen and oxygen atoms in total. The van der Waals surface area contributed by atoms with Crippen molar-refractivity contribution in [1.82, 2.24) is 4.90 Å². The van der Waals surface area contributed by atoms with Gasteiger partial charge in [-0.25, -0.2) is 0 Å². The van der Waals surface area contributed by atoms with Crippen LogP contribution in [0.1, 0.15) is 31.2 Å². The molecule has 1 amide bonds. The van der Waals surface area contributed by atoms with E-state index < -0.39 is 0 Å². The molecule has 2 aliphatic heterocycles. The Morgan fingerprint density at radius 2 is 2.25 bits per heavy atom. The third kappa shape index (κ3) is 2.40. The van der Waals surface area contributed by atoms with Crippen LogP contribution in [0, 0.1) is 5.92 Å². The zero-order valence-electron chi connectivity index (χ0n) is 11.9. The average Bonchev–Trinajstić information content (AvgIpc) is 2.94. The zero-order valence-corrected chi connectivity index (χ0v) is 11.9. The second-order valence-corrected chi connectivity index (χ2v) is 6.04. The first-order valence-electron chi connectivity index (χ1n) is 7.44. The van der Waals surface area contributed by atoms with Crippen LogP contribution in [0.4, 0.5) is 5.69 Å². The van der Waals surface area contributed by atoms with Crippen LogP contribution in [0.3, 0.4) is 0 Å². The lowest BCUT2D eigenvalue weighted by molar-refractivity contribution is -0.132. The number of benzene rings is 1. The number of carbonyl (C=O) groups is 1. The summed E-state index contributed by atoms with van der Waals surface area (Å²) in [4.78, 5) is 14.7. The Labute approximate surface area is 119 Å². The van der Waals surface area contributed by atoms with Gasteiger partial charge in [-0.05, 0) is 31.4 Å². The van der Waals surface area contributed by atoms with Gasteiger partial charge in [-0.15, -0.1) is 0 Å². The monoisotopic (exact) mass is 274 g/mol. The van der Waals surface area contributed by atoms with E-state index in [9.17, 15) is 9.90 Å². The van der Waals surface area contributed by atoms with Gasteiger partial charge in [0.15, 0.2) is 0 Å². The molecule has 4 heteroatoms. The number of hydrogen-bond acceptors (Lipinski definition) is 3. The molecule has 0 aromatic heterocycles. The summed E-state index contributed by atoms with van der Waals surface area (Å²) in [7, 11) is 0. The van der Waals surface area contributed by atoms with E-state index in [4.69, 9.17) is 0 Å². The van der Waals surface area contributed by atoms with Crippen LogP contribution < -0.4 is 5.32 Å². The molecule has 3 atom stereocenters. The molecule has 3 rings (SSSR count). The SMILES string of the molecule is CC1CC(C(=O)N2CCC(CO)C2)c2ccccc2N1. The maximum Gasteiger partial charge on any atom is 0.230 e. The minimum Gasteiger partial charge on any atom is -0.396 e. The molecular formula is C16H22N2O2. The van der Waals surface area contributed by atoms with Gasteiger partial charge in [-0.2, -0.15) is 0 Å². The maximum absolute atomic E-state index is 12.8. The fourth-order valence-corrected chi connectivity index (χ4v) is 3.37. The Morgan fingerprint density at radius 1 is 1.45 bits per heavy atom. The molecule has 0 saturated carbocycles. The van der Waals surface area contributed by atoms with Crippen LogP contribution >= 0.6 is 0 Å². The quantitative estimate of drug-likeness (QED) is 0.865.